The van der Waals surface area contributed by atoms with Gasteiger partial charge >= 0.3 is 0 Å². The molecule has 1 aromatic rings. The molecular weight excluding hydrogens is 326 g/mol. The minimum atomic E-state index is -3.29. The van der Waals surface area contributed by atoms with Crippen LogP contribution in [0.5, 0.6) is 0 Å². The standard InChI is InChI=1S/C17H25N3O3S/c1-3-24(22,23)18-15-7-5-14(6-8-15)17(21)20-11-13-4-9-16(12-20)19(2)10-13/h5-8,13,16,18H,3-4,9-12H2,1-2H3/t13-,16-/m1/s1. The number of likely N-dealkylation sites (N-methyl/N-ethyl adjacent to an activating group) is 1. The van der Waals surface area contributed by atoms with E-state index in [1.807, 2.05) is 4.90 Å². The van der Waals surface area contributed by atoms with Gasteiger partial charge in [0, 0.05) is 36.9 Å². The molecule has 0 saturated carbocycles. The molecule has 2 bridgehead atoms. The predicted molar refractivity (Wildman–Crippen MR) is 94.6 cm³/mol. The van der Waals surface area contributed by atoms with Crippen LogP contribution in [0.4, 0.5) is 5.69 Å². The normalized spacial score (nSPS) is 24.7. The summed E-state index contributed by atoms with van der Waals surface area (Å²) >= 11 is 0. The van der Waals surface area contributed by atoms with Crippen molar-refractivity contribution in [2.45, 2.75) is 25.8 Å². The summed E-state index contributed by atoms with van der Waals surface area (Å²) in [6.07, 6.45) is 2.35. The molecule has 0 aromatic heterocycles. The van der Waals surface area contributed by atoms with E-state index in [2.05, 4.69) is 16.7 Å². The minimum Gasteiger partial charge on any atom is -0.337 e. The Bertz CT molecular complexity index is 702. The van der Waals surface area contributed by atoms with Crippen LogP contribution in [0.25, 0.3) is 0 Å². The van der Waals surface area contributed by atoms with Crippen LogP contribution in [0.2, 0.25) is 0 Å². The maximum absolute atomic E-state index is 12.8. The van der Waals surface area contributed by atoms with Gasteiger partial charge < -0.3 is 9.80 Å². The smallest absolute Gasteiger partial charge is 0.253 e. The highest BCUT2D eigenvalue weighted by Gasteiger charge is 2.34. The lowest BCUT2D eigenvalue weighted by Gasteiger charge is -2.32. The first-order valence-corrected chi connectivity index (χ1v) is 10.1. The topological polar surface area (TPSA) is 69.7 Å². The Kier molecular flexibility index (Phi) is 4.83. The zero-order chi connectivity index (χ0) is 17.3. The second-order valence-electron chi connectivity index (χ2n) is 6.83. The van der Waals surface area contributed by atoms with Gasteiger partial charge in [-0.2, -0.15) is 0 Å². The summed E-state index contributed by atoms with van der Waals surface area (Å²) in [4.78, 5) is 17.1. The van der Waals surface area contributed by atoms with Crippen molar-refractivity contribution in [3.63, 3.8) is 0 Å². The molecule has 0 spiro atoms. The van der Waals surface area contributed by atoms with Crippen molar-refractivity contribution in [3.05, 3.63) is 29.8 Å². The number of hydrogen-bond acceptors (Lipinski definition) is 4. The number of amides is 1. The molecule has 1 aromatic carbocycles. The van der Waals surface area contributed by atoms with Crippen molar-refractivity contribution < 1.29 is 13.2 Å². The largest absolute Gasteiger partial charge is 0.337 e. The molecule has 24 heavy (non-hydrogen) atoms. The number of nitrogens with one attached hydrogen (secondary N) is 1. The van der Waals surface area contributed by atoms with Crippen molar-refractivity contribution in [3.8, 4) is 0 Å². The van der Waals surface area contributed by atoms with E-state index in [0.29, 0.717) is 23.2 Å². The summed E-state index contributed by atoms with van der Waals surface area (Å²) in [6, 6.07) is 7.15. The number of benzene rings is 1. The van der Waals surface area contributed by atoms with Crippen molar-refractivity contribution in [2.75, 3.05) is 37.2 Å². The Hall–Kier alpha value is -1.60. The Morgan fingerprint density at radius 2 is 1.88 bits per heavy atom. The first-order valence-electron chi connectivity index (χ1n) is 8.48. The molecule has 1 amide bonds. The van der Waals surface area contributed by atoms with Gasteiger partial charge in [0.2, 0.25) is 10.0 Å². The number of piperidine rings is 1. The van der Waals surface area contributed by atoms with Crippen LogP contribution < -0.4 is 4.72 Å². The Morgan fingerprint density at radius 1 is 1.17 bits per heavy atom. The fourth-order valence-corrected chi connectivity index (χ4v) is 4.24. The monoisotopic (exact) mass is 351 g/mol. The van der Waals surface area contributed by atoms with E-state index >= 15 is 0 Å². The molecule has 3 aliphatic rings. The molecule has 3 fully saturated rings. The second-order valence-corrected chi connectivity index (χ2v) is 8.84. The first kappa shape index (κ1) is 17.2. The Morgan fingerprint density at radius 3 is 2.50 bits per heavy atom. The molecule has 3 heterocycles. The van der Waals surface area contributed by atoms with Crippen LogP contribution in [0, 0.1) is 5.92 Å². The van der Waals surface area contributed by atoms with E-state index in [1.54, 1.807) is 31.2 Å². The highest BCUT2D eigenvalue weighted by atomic mass is 32.2. The van der Waals surface area contributed by atoms with Crippen molar-refractivity contribution in [1.82, 2.24) is 9.80 Å². The predicted octanol–water partition coefficient (Wildman–Crippen LogP) is 1.61. The van der Waals surface area contributed by atoms with Crippen molar-refractivity contribution in [1.29, 1.82) is 0 Å². The van der Waals surface area contributed by atoms with Gasteiger partial charge in [0.1, 0.15) is 0 Å². The Labute approximate surface area is 143 Å². The molecule has 4 rings (SSSR count). The molecule has 0 aliphatic carbocycles. The summed E-state index contributed by atoms with van der Waals surface area (Å²) in [7, 11) is -1.16. The molecule has 3 aliphatic heterocycles. The van der Waals surface area contributed by atoms with Gasteiger partial charge in [-0.15, -0.1) is 0 Å². The number of rotatable bonds is 4. The van der Waals surface area contributed by atoms with Gasteiger partial charge in [0.05, 0.1) is 5.75 Å². The van der Waals surface area contributed by atoms with E-state index in [-0.39, 0.29) is 11.7 Å². The fourth-order valence-electron chi connectivity index (χ4n) is 3.60. The lowest BCUT2D eigenvalue weighted by molar-refractivity contribution is 0.0742. The van der Waals surface area contributed by atoms with Crippen LogP contribution >= 0.6 is 0 Å². The molecule has 7 heteroatoms. The lowest BCUT2D eigenvalue weighted by Crippen LogP contribution is -2.41. The summed E-state index contributed by atoms with van der Waals surface area (Å²) in [5, 5.41) is 0. The van der Waals surface area contributed by atoms with Crippen molar-refractivity contribution >= 4 is 21.6 Å². The van der Waals surface area contributed by atoms with E-state index in [0.717, 1.165) is 26.1 Å². The van der Waals surface area contributed by atoms with E-state index in [4.69, 9.17) is 0 Å². The SMILES string of the molecule is CCS(=O)(=O)Nc1ccc(C(=O)N2C[C@@H]3CC[C@H](C2)N(C)C3)cc1. The number of fused-ring (bicyclic) bond motifs is 4. The molecular formula is C17H25N3O3S. The summed E-state index contributed by atoms with van der Waals surface area (Å²) < 4.78 is 25.7. The maximum Gasteiger partial charge on any atom is 0.253 e. The number of carbonyl (C=O) groups excluding carboxylic acids is 1. The molecule has 0 unspecified atom stereocenters. The number of nitrogens with zero attached hydrogens (tertiary/aromatic N) is 2. The lowest BCUT2D eigenvalue weighted by atomic mass is 9.96. The van der Waals surface area contributed by atoms with Gasteiger partial charge in [0.15, 0.2) is 0 Å². The average molecular weight is 351 g/mol. The van der Waals surface area contributed by atoms with Crippen molar-refractivity contribution in [2.24, 2.45) is 5.92 Å². The number of carbonyl (C=O) groups is 1. The highest BCUT2D eigenvalue weighted by Crippen LogP contribution is 2.27. The second kappa shape index (κ2) is 6.72. The summed E-state index contributed by atoms with van der Waals surface area (Å²) in [5.41, 5.74) is 1.10. The van der Waals surface area contributed by atoms with Crippen LogP contribution in [-0.4, -0.2) is 62.6 Å². The van der Waals surface area contributed by atoms with Gasteiger partial charge in [-0.1, -0.05) is 0 Å². The van der Waals surface area contributed by atoms with E-state index in [9.17, 15) is 13.2 Å². The van der Waals surface area contributed by atoms with Gasteiger partial charge in [-0.3, -0.25) is 9.52 Å². The van der Waals surface area contributed by atoms with Gasteiger partial charge in [-0.25, -0.2) is 8.42 Å². The Balaban J connectivity index is 1.71. The zero-order valence-electron chi connectivity index (χ0n) is 14.2. The summed E-state index contributed by atoms with van der Waals surface area (Å²) in [6.45, 7) is 4.23. The van der Waals surface area contributed by atoms with Crippen LogP contribution in [0.3, 0.4) is 0 Å². The number of hydrogen-bond donors (Lipinski definition) is 1. The number of sulfonamides is 1. The average Bonchev–Trinajstić information content (AvgIpc) is 2.86. The third-order valence-corrected chi connectivity index (χ3v) is 6.37. The number of anilines is 1. The maximum atomic E-state index is 12.8. The van der Waals surface area contributed by atoms with Gasteiger partial charge in [-0.05, 0) is 57.0 Å². The third-order valence-electron chi connectivity index (χ3n) is 5.06. The minimum absolute atomic E-state index is 0.0255. The molecule has 1 N–H and O–H groups in total. The molecule has 0 radical (unpaired) electrons. The van der Waals surface area contributed by atoms with Crippen LogP contribution in [0.1, 0.15) is 30.1 Å². The van der Waals surface area contributed by atoms with Crippen LogP contribution in [0.15, 0.2) is 24.3 Å². The van der Waals surface area contributed by atoms with E-state index in [1.165, 1.54) is 6.42 Å². The third kappa shape index (κ3) is 3.72. The van der Waals surface area contributed by atoms with Gasteiger partial charge in [0.25, 0.3) is 5.91 Å². The molecule has 3 saturated heterocycles. The molecule has 2 atom stereocenters. The fraction of sp³-hybridized carbons (Fsp3) is 0.588. The van der Waals surface area contributed by atoms with Crippen LogP contribution in [-0.2, 0) is 10.0 Å². The van der Waals surface area contributed by atoms with E-state index < -0.39 is 10.0 Å². The quantitative estimate of drug-likeness (QED) is 0.895. The first-order chi connectivity index (χ1) is 11.4. The zero-order valence-corrected chi connectivity index (χ0v) is 15.1. The summed E-state index contributed by atoms with van der Waals surface area (Å²) in [5.74, 6) is 0.609. The molecule has 132 valence electrons. The highest BCUT2D eigenvalue weighted by molar-refractivity contribution is 7.92. The molecule has 6 nitrogen and oxygen atoms in total.